The Balaban J connectivity index is 1.56. The van der Waals surface area contributed by atoms with Crippen molar-refractivity contribution < 1.29 is 27.1 Å². The third-order valence-electron chi connectivity index (χ3n) is 4.54. The van der Waals surface area contributed by atoms with Crippen molar-refractivity contribution in [3.63, 3.8) is 0 Å². The summed E-state index contributed by atoms with van der Waals surface area (Å²) in [6.07, 6.45) is 0. The highest BCUT2D eigenvalue weighted by Gasteiger charge is 2.17. The molecule has 9 heteroatoms. The summed E-state index contributed by atoms with van der Waals surface area (Å²) in [4.78, 5) is 25.6. The molecule has 0 spiro atoms. The summed E-state index contributed by atoms with van der Waals surface area (Å²) < 4.78 is 46.1. The van der Waals surface area contributed by atoms with E-state index in [9.17, 15) is 22.4 Å². The van der Waals surface area contributed by atoms with Gasteiger partial charge >= 0.3 is 5.97 Å². The van der Waals surface area contributed by atoms with E-state index in [1.165, 1.54) is 42.3 Å². The van der Waals surface area contributed by atoms with Gasteiger partial charge in [0, 0.05) is 24.8 Å². The number of anilines is 1. The van der Waals surface area contributed by atoms with Crippen LogP contribution in [-0.4, -0.2) is 38.8 Å². The Bertz CT molecular complexity index is 1200. The van der Waals surface area contributed by atoms with Gasteiger partial charge < -0.3 is 9.64 Å². The van der Waals surface area contributed by atoms with Crippen molar-refractivity contribution in [2.45, 2.75) is 11.4 Å². The van der Waals surface area contributed by atoms with Gasteiger partial charge in [-0.15, -0.1) is 0 Å². The Labute approximate surface area is 185 Å². The van der Waals surface area contributed by atoms with E-state index in [4.69, 9.17) is 4.74 Å². The quantitative estimate of drug-likeness (QED) is 0.524. The van der Waals surface area contributed by atoms with Crippen LogP contribution < -0.4 is 4.72 Å². The average molecular weight is 456 g/mol. The number of ether oxygens (including phenoxy) is 1. The smallest absolute Gasteiger partial charge is 0.338 e. The molecule has 7 nitrogen and oxygen atoms in total. The van der Waals surface area contributed by atoms with E-state index in [-0.39, 0.29) is 17.0 Å². The number of carbonyl (C=O) groups excluding carboxylic acids is 2. The number of carbonyl (C=O) groups is 2. The Morgan fingerprint density at radius 3 is 2.22 bits per heavy atom. The monoisotopic (exact) mass is 456 g/mol. The molecule has 0 saturated carbocycles. The summed E-state index contributed by atoms with van der Waals surface area (Å²) in [5.74, 6) is -1.72. The zero-order valence-corrected chi connectivity index (χ0v) is 18.0. The van der Waals surface area contributed by atoms with Crippen LogP contribution in [0.15, 0.2) is 83.8 Å². The topological polar surface area (TPSA) is 92.8 Å². The lowest BCUT2D eigenvalue weighted by molar-refractivity contribution is -0.133. The van der Waals surface area contributed by atoms with Gasteiger partial charge in [0.05, 0.1) is 10.5 Å². The number of hydrogen-bond acceptors (Lipinski definition) is 5. The standard InChI is InChI=1S/C23H21FN2O5S/c1-26(15-18-7-5-6-10-21(18)24)22(27)16-31-23(28)17-11-13-20(14-12-17)32(29,30)25-19-8-3-2-4-9-19/h2-14,25H,15-16H2,1H3. The van der Waals surface area contributed by atoms with Crippen molar-refractivity contribution >= 4 is 27.6 Å². The first-order valence-corrected chi connectivity index (χ1v) is 11.1. The third kappa shape index (κ3) is 5.92. The predicted molar refractivity (Wildman–Crippen MR) is 117 cm³/mol. The Morgan fingerprint density at radius 1 is 0.938 bits per heavy atom. The minimum absolute atomic E-state index is 0.0291. The largest absolute Gasteiger partial charge is 0.452 e. The first kappa shape index (κ1) is 23.0. The normalized spacial score (nSPS) is 10.9. The van der Waals surface area contributed by atoms with Gasteiger partial charge in [0.2, 0.25) is 0 Å². The molecule has 0 aliphatic rings. The van der Waals surface area contributed by atoms with Crippen LogP contribution in [0.5, 0.6) is 0 Å². The van der Waals surface area contributed by atoms with Crippen molar-refractivity contribution in [3.05, 3.63) is 95.8 Å². The second kappa shape index (κ2) is 10.1. The molecule has 3 aromatic rings. The van der Waals surface area contributed by atoms with Crippen LogP contribution in [0, 0.1) is 5.82 Å². The number of hydrogen-bond donors (Lipinski definition) is 1. The summed E-state index contributed by atoms with van der Waals surface area (Å²) in [5.41, 5.74) is 0.845. The van der Waals surface area contributed by atoms with E-state index in [1.54, 1.807) is 48.5 Å². The fourth-order valence-corrected chi connectivity index (χ4v) is 3.84. The highest BCUT2D eigenvalue weighted by atomic mass is 32.2. The zero-order chi connectivity index (χ0) is 23.1. The van der Waals surface area contributed by atoms with Crippen molar-refractivity contribution in [2.24, 2.45) is 0 Å². The fourth-order valence-electron chi connectivity index (χ4n) is 2.78. The number of likely N-dealkylation sites (N-methyl/N-ethyl adjacent to an activating group) is 1. The number of nitrogens with one attached hydrogen (secondary N) is 1. The van der Waals surface area contributed by atoms with Crippen LogP contribution in [0.25, 0.3) is 0 Å². The van der Waals surface area contributed by atoms with Crippen LogP contribution in [0.3, 0.4) is 0 Å². The molecule has 0 aliphatic carbocycles. The van der Waals surface area contributed by atoms with Crippen LogP contribution in [-0.2, 0) is 26.1 Å². The molecular formula is C23H21FN2O5S. The van der Waals surface area contributed by atoms with Gasteiger partial charge in [0.1, 0.15) is 5.82 Å². The van der Waals surface area contributed by atoms with Crippen molar-refractivity contribution in [1.82, 2.24) is 4.90 Å². The fraction of sp³-hybridized carbons (Fsp3) is 0.130. The van der Waals surface area contributed by atoms with Crippen molar-refractivity contribution in [2.75, 3.05) is 18.4 Å². The summed E-state index contributed by atoms with van der Waals surface area (Å²) in [6, 6.07) is 19.6. The second-order valence-electron chi connectivity index (χ2n) is 6.91. The Morgan fingerprint density at radius 2 is 1.56 bits per heavy atom. The van der Waals surface area contributed by atoms with Crippen LogP contribution >= 0.6 is 0 Å². The summed E-state index contributed by atoms with van der Waals surface area (Å²) in [5, 5.41) is 0. The van der Waals surface area contributed by atoms with E-state index in [0.29, 0.717) is 11.3 Å². The molecule has 0 heterocycles. The molecule has 3 rings (SSSR count). The molecule has 1 N–H and O–H groups in total. The van der Waals surface area contributed by atoms with Gasteiger partial charge in [-0.25, -0.2) is 17.6 Å². The SMILES string of the molecule is CN(Cc1ccccc1F)C(=O)COC(=O)c1ccc(S(=O)(=O)Nc2ccccc2)cc1. The number of nitrogens with zero attached hydrogens (tertiary/aromatic N) is 1. The predicted octanol–water partition coefficient (Wildman–Crippen LogP) is 3.44. The lowest BCUT2D eigenvalue weighted by Gasteiger charge is -2.17. The summed E-state index contributed by atoms with van der Waals surface area (Å²) in [7, 11) is -2.35. The van der Waals surface area contributed by atoms with Gasteiger partial charge in [0.15, 0.2) is 6.61 Å². The molecule has 0 unspecified atom stereocenters. The number of sulfonamides is 1. The van der Waals surface area contributed by atoms with Crippen molar-refractivity contribution in [3.8, 4) is 0 Å². The third-order valence-corrected chi connectivity index (χ3v) is 5.94. The molecule has 0 aliphatic heterocycles. The molecular weight excluding hydrogens is 435 g/mol. The maximum absolute atomic E-state index is 13.7. The summed E-state index contributed by atoms with van der Waals surface area (Å²) in [6.45, 7) is -0.497. The maximum Gasteiger partial charge on any atom is 0.338 e. The van der Waals surface area contributed by atoms with E-state index < -0.39 is 34.3 Å². The van der Waals surface area contributed by atoms with Gasteiger partial charge in [-0.2, -0.15) is 0 Å². The molecule has 0 bridgehead atoms. The zero-order valence-electron chi connectivity index (χ0n) is 17.2. The molecule has 166 valence electrons. The molecule has 0 saturated heterocycles. The molecule has 0 radical (unpaired) electrons. The minimum Gasteiger partial charge on any atom is -0.452 e. The highest BCUT2D eigenvalue weighted by molar-refractivity contribution is 7.92. The van der Waals surface area contributed by atoms with Gasteiger partial charge in [0.25, 0.3) is 15.9 Å². The first-order chi connectivity index (χ1) is 15.3. The number of esters is 1. The second-order valence-corrected chi connectivity index (χ2v) is 8.60. The number of halogens is 1. The van der Waals surface area contributed by atoms with Crippen LogP contribution in [0.1, 0.15) is 15.9 Å². The van der Waals surface area contributed by atoms with E-state index in [0.717, 1.165) is 0 Å². The van der Waals surface area contributed by atoms with Gasteiger partial charge in [-0.1, -0.05) is 36.4 Å². The number of para-hydroxylation sites is 1. The van der Waals surface area contributed by atoms with Gasteiger partial charge in [-0.3, -0.25) is 9.52 Å². The molecule has 0 aromatic heterocycles. The van der Waals surface area contributed by atoms with E-state index in [2.05, 4.69) is 4.72 Å². The molecule has 1 amide bonds. The number of amides is 1. The van der Waals surface area contributed by atoms with E-state index >= 15 is 0 Å². The lowest BCUT2D eigenvalue weighted by Crippen LogP contribution is -2.31. The summed E-state index contributed by atoms with van der Waals surface area (Å²) >= 11 is 0. The Kier molecular flexibility index (Phi) is 7.21. The lowest BCUT2D eigenvalue weighted by atomic mass is 10.2. The average Bonchev–Trinajstić information content (AvgIpc) is 2.79. The van der Waals surface area contributed by atoms with Crippen LogP contribution in [0.4, 0.5) is 10.1 Å². The van der Waals surface area contributed by atoms with Crippen molar-refractivity contribution in [1.29, 1.82) is 0 Å². The molecule has 3 aromatic carbocycles. The molecule has 0 fully saturated rings. The highest BCUT2D eigenvalue weighted by Crippen LogP contribution is 2.17. The number of rotatable bonds is 8. The minimum atomic E-state index is -3.82. The number of benzene rings is 3. The van der Waals surface area contributed by atoms with Crippen LogP contribution in [0.2, 0.25) is 0 Å². The first-order valence-electron chi connectivity index (χ1n) is 9.59. The molecule has 32 heavy (non-hydrogen) atoms. The molecule has 0 atom stereocenters. The maximum atomic E-state index is 13.7. The Hall–Kier alpha value is -3.72. The van der Waals surface area contributed by atoms with E-state index in [1.807, 2.05) is 0 Å². The van der Waals surface area contributed by atoms with Gasteiger partial charge in [-0.05, 0) is 42.5 Å².